The van der Waals surface area contributed by atoms with Crippen LogP contribution in [-0.4, -0.2) is 58.0 Å². The van der Waals surface area contributed by atoms with Crippen LogP contribution in [0.1, 0.15) is 24.2 Å². The molecular formula is C20H24N6O4. The van der Waals surface area contributed by atoms with Crippen molar-refractivity contribution in [2.45, 2.75) is 19.4 Å². The molecule has 1 aromatic carbocycles. The second kappa shape index (κ2) is 7.71. The Morgan fingerprint density at radius 3 is 2.87 bits per heavy atom. The predicted octanol–water partition coefficient (Wildman–Crippen LogP) is 1.79. The van der Waals surface area contributed by atoms with E-state index < -0.39 is 5.60 Å². The molecule has 3 heterocycles. The Bertz CT molecular complexity index is 1090. The fourth-order valence-electron chi connectivity index (χ4n) is 3.07. The Kier molecular flexibility index (Phi) is 5.08. The summed E-state index contributed by atoms with van der Waals surface area (Å²) in [5, 5.41) is 23.1. The molecule has 3 aromatic rings. The van der Waals surface area contributed by atoms with Crippen molar-refractivity contribution in [3.8, 4) is 11.5 Å². The molecule has 0 radical (unpaired) electrons. The molecular weight excluding hydrogens is 388 g/mol. The highest BCUT2D eigenvalue weighted by molar-refractivity contribution is 6.00. The fourth-order valence-corrected chi connectivity index (χ4v) is 3.07. The largest absolute Gasteiger partial charge is 0.486 e. The van der Waals surface area contributed by atoms with E-state index in [9.17, 15) is 9.90 Å². The van der Waals surface area contributed by atoms with E-state index in [-0.39, 0.29) is 12.5 Å². The van der Waals surface area contributed by atoms with Crippen molar-refractivity contribution in [3.63, 3.8) is 0 Å². The first-order valence-corrected chi connectivity index (χ1v) is 9.58. The zero-order valence-electron chi connectivity index (χ0n) is 17.0. The molecule has 4 rings (SSSR count). The summed E-state index contributed by atoms with van der Waals surface area (Å²) >= 11 is 0. The second-order valence-electron chi connectivity index (χ2n) is 7.52. The van der Waals surface area contributed by atoms with E-state index >= 15 is 0 Å². The number of aliphatic hydroxyl groups is 1. The van der Waals surface area contributed by atoms with Crippen LogP contribution in [0.25, 0.3) is 5.65 Å². The summed E-state index contributed by atoms with van der Waals surface area (Å²) < 4.78 is 12.9. The van der Waals surface area contributed by atoms with E-state index in [2.05, 4.69) is 26.0 Å². The summed E-state index contributed by atoms with van der Waals surface area (Å²) in [5.74, 6) is 2.07. The Hall–Kier alpha value is -3.53. The van der Waals surface area contributed by atoms with Gasteiger partial charge in [-0.2, -0.15) is 9.61 Å². The third kappa shape index (κ3) is 3.94. The molecule has 0 atom stereocenters. The monoisotopic (exact) mass is 412 g/mol. The Morgan fingerprint density at radius 2 is 2.10 bits per heavy atom. The van der Waals surface area contributed by atoms with Gasteiger partial charge in [-0.1, -0.05) is 6.07 Å². The van der Waals surface area contributed by atoms with Crippen LogP contribution in [0.3, 0.4) is 0 Å². The molecule has 0 fully saturated rings. The lowest BCUT2D eigenvalue weighted by Crippen LogP contribution is -2.38. The number of aromatic nitrogens is 3. The van der Waals surface area contributed by atoms with Gasteiger partial charge in [0, 0.05) is 19.7 Å². The lowest BCUT2D eigenvalue weighted by molar-refractivity contribution is 0.0695. The van der Waals surface area contributed by atoms with E-state index in [4.69, 9.17) is 9.47 Å². The van der Waals surface area contributed by atoms with Gasteiger partial charge in [0.15, 0.2) is 17.1 Å². The molecule has 0 unspecified atom stereocenters. The van der Waals surface area contributed by atoms with E-state index in [0.717, 1.165) is 0 Å². The number of para-hydroxylation sites is 1. The van der Waals surface area contributed by atoms with Crippen LogP contribution in [-0.2, 0) is 0 Å². The Labute approximate surface area is 173 Å². The Balaban J connectivity index is 1.69. The van der Waals surface area contributed by atoms with Gasteiger partial charge in [-0.05, 0) is 26.0 Å². The molecule has 0 aliphatic carbocycles. The van der Waals surface area contributed by atoms with Gasteiger partial charge in [-0.3, -0.25) is 4.79 Å². The number of carbonyl (C=O) groups excluding carboxylic acids is 1. The SMILES string of the molecule is CNc1cc(Nc2cccc3c2OCCO3)nc2c(C(=O)NCC(C)(C)O)cnn12. The minimum absolute atomic E-state index is 0.105. The van der Waals surface area contributed by atoms with Crippen molar-refractivity contribution in [1.29, 1.82) is 0 Å². The number of hydrogen-bond acceptors (Lipinski definition) is 8. The van der Waals surface area contributed by atoms with E-state index in [0.29, 0.717) is 53.2 Å². The smallest absolute Gasteiger partial charge is 0.256 e. The zero-order valence-corrected chi connectivity index (χ0v) is 17.0. The van der Waals surface area contributed by atoms with Gasteiger partial charge >= 0.3 is 0 Å². The van der Waals surface area contributed by atoms with Gasteiger partial charge in [-0.25, -0.2) is 4.98 Å². The number of nitrogens with one attached hydrogen (secondary N) is 3. The number of amides is 1. The molecule has 30 heavy (non-hydrogen) atoms. The lowest BCUT2D eigenvalue weighted by Gasteiger charge is -2.21. The highest BCUT2D eigenvalue weighted by atomic mass is 16.6. The van der Waals surface area contributed by atoms with Crippen molar-refractivity contribution >= 4 is 28.9 Å². The highest BCUT2D eigenvalue weighted by Crippen LogP contribution is 2.38. The number of ether oxygens (including phenoxy) is 2. The third-order valence-corrected chi connectivity index (χ3v) is 4.48. The van der Waals surface area contributed by atoms with Crippen LogP contribution in [0.4, 0.5) is 17.3 Å². The summed E-state index contributed by atoms with van der Waals surface area (Å²) in [7, 11) is 1.76. The van der Waals surface area contributed by atoms with Crippen molar-refractivity contribution in [2.24, 2.45) is 0 Å². The first kappa shape index (κ1) is 19.8. The Morgan fingerprint density at radius 1 is 1.30 bits per heavy atom. The summed E-state index contributed by atoms with van der Waals surface area (Å²) in [6.45, 7) is 4.31. The molecule has 0 saturated heterocycles. The minimum atomic E-state index is -1.02. The molecule has 10 nitrogen and oxygen atoms in total. The van der Waals surface area contributed by atoms with Crippen LogP contribution >= 0.6 is 0 Å². The van der Waals surface area contributed by atoms with Gasteiger partial charge in [0.05, 0.1) is 17.5 Å². The maximum Gasteiger partial charge on any atom is 0.256 e. The molecule has 0 bridgehead atoms. The molecule has 158 valence electrons. The summed E-state index contributed by atoms with van der Waals surface area (Å²) in [4.78, 5) is 17.2. The number of benzene rings is 1. The molecule has 0 saturated carbocycles. The molecule has 0 spiro atoms. The topological polar surface area (TPSA) is 122 Å². The second-order valence-corrected chi connectivity index (χ2v) is 7.52. The number of hydrogen-bond donors (Lipinski definition) is 4. The average Bonchev–Trinajstić information content (AvgIpc) is 3.15. The number of carbonyl (C=O) groups is 1. The van der Waals surface area contributed by atoms with Gasteiger partial charge in [0.25, 0.3) is 5.91 Å². The van der Waals surface area contributed by atoms with Crippen LogP contribution in [0.5, 0.6) is 11.5 Å². The summed E-state index contributed by atoms with van der Waals surface area (Å²) in [6, 6.07) is 7.35. The van der Waals surface area contributed by atoms with Gasteiger partial charge < -0.3 is 30.5 Å². The quantitative estimate of drug-likeness (QED) is 0.483. The summed E-state index contributed by atoms with van der Waals surface area (Å²) in [6.07, 6.45) is 1.45. The maximum atomic E-state index is 12.6. The molecule has 1 aliphatic rings. The van der Waals surface area contributed by atoms with E-state index in [1.54, 1.807) is 31.5 Å². The van der Waals surface area contributed by atoms with Crippen molar-refractivity contribution in [1.82, 2.24) is 19.9 Å². The van der Waals surface area contributed by atoms with Crippen LogP contribution in [0.2, 0.25) is 0 Å². The van der Waals surface area contributed by atoms with Crippen molar-refractivity contribution in [2.75, 3.05) is 37.4 Å². The maximum absolute atomic E-state index is 12.6. The molecule has 4 N–H and O–H groups in total. The third-order valence-electron chi connectivity index (χ3n) is 4.48. The first-order valence-electron chi connectivity index (χ1n) is 9.58. The molecule has 1 aliphatic heterocycles. The molecule has 10 heteroatoms. The summed E-state index contributed by atoms with van der Waals surface area (Å²) in [5.41, 5.74) is 0.357. The minimum Gasteiger partial charge on any atom is -0.486 e. The molecule has 2 aromatic heterocycles. The number of rotatable bonds is 6. The highest BCUT2D eigenvalue weighted by Gasteiger charge is 2.21. The normalized spacial score (nSPS) is 13.2. The lowest BCUT2D eigenvalue weighted by atomic mass is 10.1. The van der Waals surface area contributed by atoms with Crippen molar-refractivity contribution < 1.29 is 19.4 Å². The standard InChI is InChI=1S/C20H24N6O4/c1-20(2,28)11-22-19(27)12-10-23-26-16(21-3)9-15(25-18(12)26)24-13-5-4-6-14-17(13)30-8-7-29-14/h4-6,9-10,21,28H,7-8,11H2,1-3H3,(H,22,27)(H,24,25). The first-order chi connectivity index (χ1) is 14.4. The zero-order chi connectivity index (χ0) is 21.3. The van der Waals surface area contributed by atoms with Gasteiger partial charge in [0.2, 0.25) is 0 Å². The van der Waals surface area contributed by atoms with Gasteiger partial charge in [-0.15, -0.1) is 0 Å². The van der Waals surface area contributed by atoms with Crippen LogP contribution < -0.4 is 25.4 Å². The molecule has 1 amide bonds. The number of anilines is 3. The van der Waals surface area contributed by atoms with Crippen LogP contribution in [0, 0.1) is 0 Å². The predicted molar refractivity (Wildman–Crippen MR) is 112 cm³/mol. The van der Waals surface area contributed by atoms with E-state index in [1.165, 1.54) is 6.20 Å². The fraction of sp³-hybridized carbons (Fsp3) is 0.350. The van der Waals surface area contributed by atoms with E-state index in [1.807, 2.05) is 18.2 Å². The number of fused-ring (bicyclic) bond motifs is 2. The van der Waals surface area contributed by atoms with Gasteiger partial charge in [0.1, 0.15) is 30.4 Å². The van der Waals surface area contributed by atoms with Crippen molar-refractivity contribution in [3.05, 3.63) is 36.0 Å². The van der Waals surface area contributed by atoms with Crippen LogP contribution in [0.15, 0.2) is 30.5 Å². The average molecular weight is 412 g/mol. The number of nitrogens with zero attached hydrogens (tertiary/aromatic N) is 3.